The highest BCUT2D eigenvalue weighted by Crippen LogP contribution is 2.24. The summed E-state index contributed by atoms with van der Waals surface area (Å²) in [6.07, 6.45) is 9.70. The molecular formula is C15H13N5O. The largest absolute Gasteiger partial charge is 0.461 e. The van der Waals surface area contributed by atoms with Crippen molar-refractivity contribution in [1.82, 2.24) is 14.6 Å². The van der Waals surface area contributed by atoms with Gasteiger partial charge in [-0.15, -0.1) is 5.10 Å². The van der Waals surface area contributed by atoms with Gasteiger partial charge in [-0.25, -0.2) is 4.98 Å². The van der Waals surface area contributed by atoms with Gasteiger partial charge in [0.05, 0.1) is 6.26 Å². The minimum atomic E-state index is 0.526. The standard InChI is InChI=1S/C15H13N5O/c16-13-9-11(19-6-2-1-3-7-19)10-14-17-15(18-20(13)14)12-5-4-8-21-12/h1-6,8-10H,7,16H2. The first kappa shape index (κ1) is 11.8. The minimum absolute atomic E-state index is 0.526. The third kappa shape index (κ3) is 1.97. The van der Waals surface area contributed by atoms with Crippen LogP contribution in [0.25, 0.3) is 17.2 Å². The first-order valence-corrected chi connectivity index (χ1v) is 6.61. The van der Waals surface area contributed by atoms with Crippen molar-refractivity contribution in [1.29, 1.82) is 0 Å². The number of nitrogen functional groups attached to an aromatic ring is 1. The Morgan fingerprint density at radius 1 is 1.24 bits per heavy atom. The van der Waals surface area contributed by atoms with E-state index in [1.54, 1.807) is 16.8 Å². The average Bonchev–Trinajstić information content (AvgIpc) is 3.17. The Morgan fingerprint density at radius 3 is 2.95 bits per heavy atom. The number of anilines is 2. The zero-order chi connectivity index (χ0) is 14.2. The van der Waals surface area contributed by atoms with E-state index in [1.807, 2.05) is 36.6 Å². The van der Waals surface area contributed by atoms with E-state index in [2.05, 4.69) is 21.1 Å². The molecule has 3 aromatic rings. The summed E-state index contributed by atoms with van der Waals surface area (Å²) in [6, 6.07) is 7.47. The van der Waals surface area contributed by atoms with E-state index >= 15 is 0 Å². The molecule has 1 aliphatic rings. The van der Waals surface area contributed by atoms with Crippen LogP contribution >= 0.6 is 0 Å². The highest BCUT2D eigenvalue weighted by Gasteiger charge is 2.13. The Bertz CT molecular complexity index is 844. The van der Waals surface area contributed by atoms with Crippen molar-refractivity contribution >= 4 is 17.2 Å². The molecule has 0 spiro atoms. The van der Waals surface area contributed by atoms with Gasteiger partial charge in [0.15, 0.2) is 11.4 Å². The van der Waals surface area contributed by atoms with Gasteiger partial charge in [-0.1, -0.05) is 12.2 Å². The minimum Gasteiger partial charge on any atom is -0.461 e. The molecule has 0 fully saturated rings. The molecule has 0 saturated carbocycles. The summed E-state index contributed by atoms with van der Waals surface area (Å²) in [4.78, 5) is 6.58. The van der Waals surface area contributed by atoms with E-state index < -0.39 is 0 Å². The second kappa shape index (κ2) is 4.52. The van der Waals surface area contributed by atoms with Crippen molar-refractivity contribution in [2.75, 3.05) is 17.2 Å². The fourth-order valence-corrected chi connectivity index (χ4v) is 2.33. The predicted molar refractivity (Wildman–Crippen MR) is 80.7 cm³/mol. The monoisotopic (exact) mass is 279 g/mol. The molecule has 3 aromatic heterocycles. The molecule has 2 N–H and O–H groups in total. The number of pyridine rings is 1. The molecule has 0 saturated heterocycles. The molecule has 104 valence electrons. The second-order valence-corrected chi connectivity index (χ2v) is 4.74. The van der Waals surface area contributed by atoms with Crippen LogP contribution in [0.15, 0.2) is 59.4 Å². The highest BCUT2D eigenvalue weighted by molar-refractivity contribution is 5.66. The number of aromatic nitrogens is 3. The lowest BCUT2D eigenvalue weighted by Crippen LogP contribution is -2.18. The van der Waals surface area contributed by atoms with Gasteiger partial charge in [-0.05, 0) is 18.2 Å². The molecule has 21 heavy (non-hydrogen) atoms. The molecule has 6 nitrogen and oxygen atoms in total. The molecule has 1 aliphatic heterocycles. The van der Waals surface area contributed by atoms with Gasteiger partial charge in [0.2, 0.25) is 5.82 Å². The van der Waals surface area contributed by atoms with Crippen molar-refractivity contribution < 1.29 is 4.42 Å². The molecule has 0 bridgehead atoms. The van der Waals surface area contributed by atoms with Crippen LogP contribution < -0.4 is 10.6 Å². The summed E-state index contributed by atoms with van der Waals surface area (Å²) in [5.74, 6) is 1.69. The highest BCUT2D eigenvalue weighted by atomic mass is 16.3. The number of nitrogens with zero attached hydrogens (tertiary/aromatic N) is 4. The summed E-state index contributed by atoms with van der Waals surface area (Å²) in [7, 11) is 0. The molecular weight excluding hydrogens is 266 g/mol. The van der Waals surface area contributed by atoms with E-state index in [9.17, 15) is 0 Å². The fourth-order valence-electron chi connectivity index (χ4n) is 2.33. The lowest BCUT2D eigenvalue weighted by molar-refractivity contribution is 0.577. The van der Waals surface area contributed by atoms with Gasteiger partial charge in [-0.3, -0.25) is 0 Å². The van der Waals surface area contributed by atoms with Crippen LogP contribution in [0.1, 0.15) is 0 Å². The zero-order valence-electron chi connectivity index (χ0n) is 11.2. The van der Waals surface area contributed by atoms with Crippen molar-refractivity contribution in [2.45, 2.75) is 0 Å². The third-order valence-electron chi connectivity index (χ3n) is 3.34. The van der Waals surface area contributed by atoms with Gasteiger partial charge in [0.25, 0.3) is 0 Å². The van der Waals surface area contributed by atoms with Gasteiger partial charge in [0.1, 0.15) is 5.82 Å². The molecule has 0 amide bonds. The average molecular weight is 279 g/mol. The topological polar surface area (TPSA) is 72.6 Å². The van der Waals surface area contributed by atoms with E-state index in [-0.39, 0.29) is 0 Å². The Balaban J connectivity index is 1.82. The first-order valence-electron chi connectivity index (χ1n) is 6.61. The number of hydrogen-bond donors (Lipinski definition) is 1. The van der Waals surface area contributed by atoms with E-state index in [1.165, 1.54) is 0 Å². The van der Waals surface area contributed by atoms with Crippen LogP contribution in [0.3, 0.4) is 0 Å². The quantitative estimate of drug-likeness (QED) is 0.780. The zero-order valence-corrected chi connectivity index (χ0v) is 11.2. The Morgan fingerprint density at radius 2 is 2.19 bits per heavy atom. The molecule has 0 aliphatic carbocycles. The maximum Gasteiger partial charge on any atom is 0.217 e. The van der Waals surface area contributed by atoms with Crippen LogP contribution in [0.4, 0.5) is 11.5 Å². The van der Waals surface area contributed by atoms with Gasteiger partial charge in [-0.2, -0.15) is 4.52 Å². The van der Waals surface area contributed by atoms with E-state index in [0.717, 1.165) is 12.2 Å². The van der Waals surface area contributed by atoms with E-state index in [4.69, 9.17) is 10.2 Å². The molecule has 0 unspecified atom stereocenters. The van der Waals surface area contributed by atoms with Crippen molar-refractivity contribution in [3.63, 3.8) is 0 Å². The lowest BCUT2D eigenvalue weighted by Gasteiger charge is -2.20. The maximum absolute atomic E-state index is 6.09. The van der Waals surface area contributed by atoms with Crippen LogP contribution in [0.2, 0.25) is 0 Å². The molecule has 0 aromatic carbocycles. The van der Waals surface area contributed by atoms with Crippen LogP contribution in [-0.2, 0) is 0 Å². The summed E-state index contributed by atoms with van der Waals surface area (Å²) in [5.41, 5.74) is 7.77. The molecule has 6 heteroatoms. The molecule has 4 rings (SSSR count). The normalized spacial score (nSPS) is 14.2. The number of rotatable bonds is 2. The van der Waals surface area contributed by atoms with Gasteiger partial charge in [0, 0.05) is 30.6 Å². The maximum atomic E-state index is 6.09. The number of furan rings is 1. The molecule has 0 atom stereocenters. The summed E-state index contributed by atoms with van der Waals surface area (Å²) in [5, 5.41) is 4.38. The number of hydrogen-bond acceptors (Lipinski definition) is 5. The Kier molecular flexibility index (Phi) is 2.53. The first-order chi connectivity index (χ1) is 10.3. The number of allylic oxidation sites excluding steroid dienone is 2. The van der Waals surface area contributed by atoms with Crippen LogP contribution in [0.5, 0.6) is 0 Å². The molecule has 4 heterocycles. The smallest absolute Gasteiger partial charge is 0.217 e. The van der Waals surface area contributed by atoms with E-state index in [0.29, 0.717) is 23.0 Å². The Labute approximate surface area is 120 Å². The second-order valence-electron chi connectivity index (χ2n) is 4.74. The third-order valence-corrected chi connectivity index (χ3v) is 3.34. The fraction of sp³-hybridized carbons (Fsp3) is 0.0667. The van der Waals surface area contributed by atoms with Gasteiger partial charge >= 0.3 is 0 Å². The predicted octanol–water partition coefficient (Wildman–Crippen LogP) is 2.46. The summed E-state index contributed by atoms with van der Waals surface area (Å²) in [6.45, 7) is 0.811. The lowest BCUT2D eigenvalue weighted by atomic mass is 10.3. The number of fused-ring (bicyclic) bond motifs is 1. The number of nitrogens with two attached hydrogens (primary N) is 1. The summed E-state index contributed by atoms with van der Waals surface area (Å²) < 4.78 is 6.94. The van der Waals surface area contributed by atoms with Crippen molar-refractivity contribution in [2.24, 2.45) is 0 Å². The van der Waals surface area contributed by atoms with Crippen LogP contribution in [-0.4, -0.2) is 21.1 Å². The Hall–Kier alpha value is -3.02. The SMILES string of the molecule is Nc1cc(N2C=CC=CC2)cc2nc(-c3ccco3)nn12. The van der Waals surface area contributed by atoms with Gasteiger partial charge < -0.3 is 15.1 Å². The van der Waals surface area contributed by atoms with Crippen LogP contribution in [0, 0.1) is 0 Å². The molecule has 0 radical (unpaired) electrons. The van der Waals surface area contributed by atoms with Crippen molar-refractivity contribution in [3.8, 4) is 11.6 Å². The summed E-state index contributed by atoms with van der Waals surface area (Å²) >= 11 is 0. The van der Waals surface area contributed by atoms with Crippen molar-refractivity contribution in [3.05, 3.63) is 55.0 Å².